The highest BCUT2D eigenvalue weighted by Gasteiger charge is 2.30. The smallest absolute Gasteiger partial charge is 0.278 e. The summed E-state index contributed by atoms with van der Waals surface area (Å²) in [6.45, 7) is 7.25. The van der Waals surface area contributed by atoms with Crippen LogP contribution in [0.15, 0.2) is 24.8 Å². The topological polar surface area (TPSA) is 76.9 Å². The van der Waals surface area contributed by atoms with E-state index in [2.05, 4.69) is 16.8 Å². The molecule has 7 nitrogen and oxygen atoms in total. The second-order valence-electron chi connectivity index (χ2n) is 5.69. The van der Waals surface area contributed by atoms with E-state index in [1.807, 2.05) is 6.08 Å². The normalized spacial score (nSPS) is 15.2. The van der Waals surface area contributed by atoms with Gasteiger partial charge in [0.05, 0.1) is 30.8 Å². The van der Waals surface area contributed by atoms with E-state index in [0.29, 0.717) is 17.1 Å². The van der Waals surface area contributed by atoms with Crippen LogP contribution in [0, 0.1) is 10.1 Å². The molecule has 1 aromatic carbocycles. The van der Waals surface area contributed by atoms with Gasteiger partial charge in [0.15, 0.2) is 11.5 Å². The average Bonchev–Trinajstić information content (AvgIpc) is 2.62. The fourth-order valence-corrected chi connectivity index (χ4v) is 3.11. The first-order chi connectivity index (χ1) is 11.6. The Labute approximate surface area is 166 Å². The second kappa shape index (κ2) is 12.0. The number of nitrogens with one attached hydrogen (secondary N) is 1. The first-order valence-electron chi connectivity index (χ1n) is 8.08. The van der Waals surface area contributed by atoms with Crippen LogP contribution in [-0.4, -0.2) is 50.2 Å². The molecule has 1 fully saturated rings. The molecule has 0 saturated carbocycles. The number of allylic oxidation sites excluding steroid dienone is 1. The molecule has 2 rings (SSSR count). The molecule has 1 aliphatic rings. The zero-order valence-electron chi connectivity index (χ0n) is 15.1. The summed E-state index contributed by atoms with van der Waals surface area (Å²) in [5, 5.41) is 14.9. The van der Waals surface area contributed by atoms with Gasteiger partial charge in [-0.25, -0.2) is 0 Å². The van der Waals surface area contributed by atoms with Gasteiger partial charge in [-0.3, -0.25) is 15.0 Å². The molecule has 1 aromatic rings. The molecule has 0 amide bonds. The van der Waals surface area contributed by atoms with Gasteiger partial charge in [-0.05, 0) is 18.9 Å². The number of benzene rings is 1. The lowest BCUT2D eigenvalue weighted by molar-refractivity contribution is -0.386. The zero-order valence-corrected chi connectivity index (χ0v) is 16.7. The van der Waals surface area contributed by atoms with Crippen molar-refractivity contribution in [3.63, 3.8) is 0 Å². The lowest BCUT2D eigenvalue weighted by Gasteiger charge is -2.35. The van der Waals surface area contributed by atoms with Gasteiger partial charge in [0.1, 0.15) is 0 Å². The molecule has 0 radical (unpaired) electrons. The Balaban J connectivity index is 0.00000312. The standard InChI is InChI=1S/C17H25N3O4.2ClH/c1-4-5-6-14(19-9-7-18-8-10-19)13-11-16(23-2)17(24-3)12-15(13)20(21)22;;/h4,11-12,14,18H,1,5-10H2,2-3H3;2*1H/t14-;;/m0../s1. The lowest BCUT2D eigenvalue weighted by atomic mass is 9.97. The van der Waals surface area contributed by atoms with Gasteiger partial charge in [-0.1, -0.05) is 6.08 Å². The molecular formula is C17H27Cl2N3O4. The third-order valence-corrected chi connectivity index (χ3v) is 4.33. The predicted molar refractivity (Wildman–Crippen MR) is 107 cm³/mol. The maximum absolute atomic E-state index is 11.6. The highest BCUT2D eigenvalue weighted by atomic mass is 35.5. The largest absolute Gasteiger partial charge is 0.493 e. The Kier molecular flexibility index (Phi) is 11.2. The van der Waals surface area contributed by atoms with Crippen molar-refractivity contribution in [3.05, 3.63) is 40.5 Å². The number of hydrogen-bond acceptors (Lipinski definition) is 6. The van der Waals surface area contributed by atoms with Crippen molar-refractivity contribution in [2.75, 3.05) is 40.4 Å². The average molecular weight is 408 g/mol. The third-order valence-electron chi connectivity index (χ3n) is 4.33. The van der Waals surface area contributed by atoms with Gasteiger partial charge in [0.25, 0.3) is 5.69 Å². The molecule has 26 heavy (non-hydrogen) atoms. The molecule has 0 aliphatic carbocycles. The number of piperazine rings is 1. The number of nitro groups is 1. The second-order valence-corrected chi connectivity index (χ2v) is 5.69. The molecule has 1 saturated heterocycles. The summed E-state index contributed by atoms with van der Waals surface area (Å²) in [7, 11) is 3.02. The number of rotatable bonds is 8. The molecule has 148 valence electrons. The first-order valence-corrected chi connectivity index (χ1v) is 8.08. The monoisotopic (exact) mass is 407 g/mol. The number of nitrogens with zero attached hydrogens (tertiary/aromatic N) is 2. The summed E-state index contributed by atoms with van der Waals surface area (Å²) in [5.74, 6) is 0.882. The van der Waals surface area contributed by atoms with Gasteiger partial charge >= 0.3 is 0 Å². The minimum Gasteiger partial charge on any atom is -0.493 e. The van der Waals surface area contributed by atoms with Gasteiger partial charge in [0, 0.05) is 32.2 Å². The van der Waals surface area contributed by atoms with E-state index in [4.69, 9.17) is 9.47 Å². The van der Waals surface area contributed by atoms with Crippen LogP contribution in [0.25, 0.3) is 0 Å². The van der Waals surface area contributed by atoms with Crippen LogP contribution in [0.3, 0.4) is 0 Å². The molecule has 0 aromatic heterocycles. The predicted octanol–water partition coefficient (Wildman–Crippen LogP) is 3.37. The van der Waals surface area contributed by atoms with E-state index in [1.54, 1.807) is 6.07 Å². The van der Waals surface area contributed by atoms with Crippen molar-refractivity contribution in [3.8, 4) is 11.5 Å². The summed E-state index contributed by atoms with van der Waals surface area (Å²) < 4.78 is 10.6. The minimum atomic E-state index is -0.347. The van der Waals surface area contributed by atoms with Crippen LogP contribution < -0.4 is 14.8 Å². The van der Waals surface area contributed by atoms with E-state index in [9.17, 15) is 10.1 Å². The first kappa shape index (κ1) is 24.5. The van der Waals surface area contributed by atoms with Crippen LogP contribution in [0.4, 0.5) is 5.69 Å². The van der Waals surface area contributed by atoms with Crippen molar-refractivity contribution >= 4 is 30.5 Å². The summed E-state index contributed by atoms with van der Waals surface area (Å²) in [5.41, 5.74) is 0.738. The molecule has 0 spiro atoms. The van der Waals surface area contributed by atoms with Gasteiger partial charge in [0.2, 0.25) is 0 Å². The van der Waals surface area contributed by atoms with Crippen LogP contribution in [0.2, 0.25) is 0 Å². The van der Waals surface area contributed by atoms with E-state index >= 15 is 0 Å². The number of ether oxygens (including phenoxy) is 2. The number of nitro benzene ring substituents is 1. The Morgan fingerprint density at radius 1 is 1.27 bits per heavy atom. The maximum atomic E-state index is 11.6. The van der Waals surface area contributed by atoms with Crippen LogP contribution in [0.1, 0.15) is 24.4 Å². The summed E-state index contributed by atoms with van der Waals surface area (Å²) >= 11 is 0. The molecule has 1 aliphatic heterocycles. The van der Waals surface area contributed by atoms with E-state index < -0.39 is 0 Å². The Bertz CT molecular complexity index is 596. The van der Waals surface area contributed by atoms with Crippen LogP contribution in [0.5, 0.6) is 11.5 Å². The number of halogens is 2. The van der Waals surface area contributed by atoms with Crippen molar-refractivity contribution in [2.24, 2.45) is 0 Å². The number of methoxy groups -OCH3 is 2. The zero-order chi connectivity index (χ0) is 17.5. The van der Waals surface area contributed by atoms with Gasteiger partial charge < -0.3 is 14.8 Å². The Morgan fingerprint density at radius 3 is 2.35 bits per heavy atom. The van der Waals surface area contributed by atoms with Crippen LogP contribution in [-0.2, 0) is 0 Å². The molecule has 1 heterocycles. The highest BCUT2D eigenvalue weighted by Crippen LogP contribution is 2.40. The van der Waals surface area contributed by atoms with Gasteiger partial charge in [-0.15, -0.1) is 31.4 Å². The highest BCUT2D eigenvalue weighted by molar-refractivity contribution is 5.85. The molecule has 1 N–H and O–H groups in total. The third kappa shape index (κ3) is 5.74. The fourth-order valence-electron chi connectivity index (χ4n) is 3.11. The fraction of sp³-hybridized carbons (Fsp3) is 0.529. The van der Waals surface area contributed by atoms with Crippen LogP contribution >= 0.6 is 24.8 Å². The maximum Gasteiger partial charge on any atom is 0.278 e. The minimum absolute atomic E-state index is 0. The lowest BCUT2D eigenvalue weighted by Crippen LogP contribution is -2.45. The Morgan fingerprint density at radius 2 is 1.85 bits per heavy atom. The van der Waals surface area contributed by atoms with Crippen molar-refractivity contribution in [2.45, 2.75) is 18.9 Å². The summed E-state index contributed by atoms with van der Waals surface area (Å²) in [6.07, 6.45) is 3.42. The summed E-state index contributed by atoms with van der Waals surface area (Å²) in [6, 6.07) is 3.15. The van der Waals surface area contributed by atoms with Gasteiger partial charge in [-0.2, -0.15) is 0 Å². The van der Waals surface area contributed by atoms with E-state index in [0.717, 1.165) is 39.0 Å². The quantitative estimate of drug-likeness (QED) is 0.404. The van der Waals surface area contributed by atoms with Crippen molar-refractivity contribution in [1.29, 1.82) is 0 Å². The number of hydrogen-bond donors (Lipinski definition) is 1. The molecule has 9 heteroatoms. The molecular weight excluding hydrogens is 381 g/mol. The van der Waals surface area contributed by atoms with Crippen molar-refractivity contribution < 1.29 is 14.4 Å². The molecule has 0 unspecified atom stereocenters. The summed E-state index contributed by atoms with van der Waals surface area (Å²) in [4.78, 5) is 13.5. The SMILES string of the molecule is C=CCC[C@@H](c1cc(OC)c(OC)cc1[N+](=O)[O-])N1CCNCC1.Cl.Cl. The molecule has 1 atom stereocenters. The van der Waals surface area contributed by atoms with Crippen molar-refractivity contribution in [1.82, 2.24) is 10.2 Å². The molecule has 0 bridgehead atoms. The Hall–Kier alpha value is -1.54. The van der Waals surface area contributed by atoms with E-state index in [1.165, 1.54) is 20.3 Å². The van der Waals surface area contributed by atoms with E-state index in [-0.39, 0.29) is 41.5 Å².